The first kappa shape index (κ1) is 25.9. The van der Waals surface area contributed by atoms with Crippen molar-refractivity contribution in [2.24, 2.45) is 11.8 Å². The van der Waals surface area contributed by atoms with Gasteiger partial charge in [-0.1, -0.05) is 67.1 Å². The Morgan fingerprint density at radius 1 is 1.05 bits per heavy atom. The second-order valence-corrected chi connectivity index (χ2v) is 10.3. The van der Waals surface area contributed by atoms with E-state index >= 15 is 0 Å². The maximum absolute atomic E-state index is 14.0. The SMILES string of the molecule is CCCOc1ccc(C2NC(Cc3ccccc3)(C(=O)O)C3C(=O)N(c4ccc(C)c(Cl)c4)C(=O)C23)cc1. The van der Waals surface area contributed by atoms with Gasteiger partial charge >= 0.3 is 5.97 Å². The summed E-state index contributed by atoms with van der Waals surface area (Å²) in [6, 6.07) is 20.7. The Bertz CT molecular complexity index is 1380. The van der Waals surface area contributed by atoms with Crippen molar-refractivity contribution < 1.29 is 24.2 Å². The largest absolute Gasteiger partial charge is 0.494 e. The van der Waals surface area contributed by atoms with E-state index in [1.165, 1.54) is 0 Å². The Morgan fingerprint density at radius 3 is 2.39 bits per heavy atom. The molecule has 38 heavy (non-hydrogen) atoms. The molecule has 0 bridgehead atoms. The topological polar surface area (TPSA) is 95.9 Å². The second-order valence-electron chi connectivity index (χ2n) is 9.93. The van der Waals surface area contributed by atoms with Gasteiger partial charge in [-0.25, -0.2) is 4.90 Å². The molecule has 5 rings (SSSR count). The van der Waals surface area contributed by atoms with Gasteiger partial charge in [-0.05, 0) is 54.3 Å². The number of nitrogens with zero attached hydrogens (tertiary/aromatic N) is 1. The van der Waals surface area contributed by atoms with E-state index in [4.69, 9.17) is 16.3 Å². The smallest absolute Gasteiger partial charge is 0.325 e. The van der Waals surface area contributed by atoms with Crippen molar-refractivity contribution in [2.45, 2.75) is 38.3 Å². The Labute approximate surface area is 226 Å². The first-order valence-corrected chi connectivity index (χ1v) is 13.1. The molecule has 4 atom stereocenters. The van der Waals surface area contributed by atoms with Gasteiger partial charge in [0, 0.05) is 17.5 Å². The molecule has 2 amide bonds. The third-order valence-electron chi connectivity index (χ3n) is 7.49. The number of amides is 2. The third kappa shape index (κ3) is 4.36. The molecule has 0 saturated carbocycles. The van der Waals surface area contributed by atoms with Gasteiger partial charge in [-0.15, -0.1) is 0 Å². The average Bonchev–Trinajstić information content (AvgIpc) is 3.39. The standard InChI is InChI=1S/C30H29ClN2O5/c1-3-15-38-22-13-10-20(11-14-22)26-24-25(30(32-26,29(36)37)17-19-7-5-4-6-8-19)28(35)33(27(24)34)21-12-9-18(2)23(31)16-21/h4-14,16,24-26,32H,3,15,17H2,1-2H3,(H,36,37). The lowest BCUT2D eigenvalue weighted by Gasteiger charge is -2.31. The molecular formula is C30H29ClN2O5. The molecule has 2 saturated heterocycles. The Hall–Kier alpha value is -3.68. The number of fused-ring (bicyclic) bond motifs is 1. The number of nitrogens with one attached hydrogen (secondary N) is 1. The highest BCUT2D eigenvalue weighted by Crippen LogP contribution is 2.51. The minimum Gasteiger partial charge on any atom is -0.494 e. The third-order valence-corrected chi connectivity index (χ3v) is 7.89. The van der Waals surface area contributed by atoms with Gasteiger partial charge in [0.05, 0.1) is 24.1 Å². The van der Waals surface area contributed by atoms with E-state index < -0.39 is 41.2 Å². The molecule has 2 heterocycles. The molecule has 0 spiro atoms. The normalized spacial score (nSPS) is 24.5. The van der Waals surface area contributed by atoms with Crippen molar-refractivity contribution in [3.63, 3.8) is 0 Å². The molecule has 0 radical (unpaired) electrons. The van der Waals surface area contributed by atoms with Gasteiger partial charge < -0.3 is 9.84 Å². The summed E-state index contributed by atoms with van der Waals surface area (Å²) in [5.74, 6) is -3.51. The number of anilines is 1. The Morgan fingerprint density at radius 2 is 1.76 bits per heavy atom. The van der Waals surface area contributed by atoms with Crippen LogP contribution in [-0.2, 0) is 20.8 Å². The van der Waals surface area contributed by atoms with Crippen LogP contribution >= 0.6 is 11.6 Å². The summed E-state index contributed by atoms with van der Waals surface area (Å²) in [5.41, 5.74) is 0.922. The molecule has 2 aliphatic rings. The molecule has 2 aliphatic heterocycles. The van der Waals surface area contributed by atoms with Crippen LogP contribution in [0.4, 0.5) is 5.69 Å². The zero-order valence-electron chi connectivity index (χ0n) is 21.2. The van der Waals surface area contributed by atoms with Crippen LogP contribution in [0.15, 0.2) is 72.8 Å². The van der Waals surface area contributed by atoms with E-state index in [1.54, 1.807) is 30.3 Å². The van der Waals surface area contributed by atoms with Crippen molar-refractivity contribution in [2.75, 3.05) is 11.5 Å². The van der Waals surface area contributed by atoms with Gasteiger partial charge in [-0.3, -0.25) is 19.7 Å². The number of carboxylic acid groups (broad SMARTS) is 1. The number of halogens is 1. The van der Waals surface area contributed by atoms with E-state index in [1.807, 2.05) is 56.3 Å². The number of aliphatic carboxylic acids is 1. The number of hydrogen-bond donors (Lipinski definition) is 2. The van der Waals surface area contributed by atoms with Crippen LogP contribution < -0.4 is 15.0 Å². The number of rotatable bonds is 8. The van der Waals surface area contributed by atoms with Crippen molar-refractivity contribution in [1.29, 1.82) is 0 Å². The number of imide groups is 1. The molecule has 3 aromatic rings. The molecule has 8 heteroatoms. The van der Waals surface area contributed by atoms with Crippen molar-refractivity contribution in [1.82, 2.24) is 5.32 Å². The molecule has 4 unspecified atom stereocenters. The number of carbonyl (C=O) groups is 3. The van der Waals surface area contributed by atoms with E-state index in [0.29, 0.717) is 28.6 Å². The fraction of sp³-hybridized carbons (Fsp3) is 0.300. The van der Waals surface area contributed by atoms with E-state index in [-0.39, 0.29) is 6.42 Å². The molecule has 2 N–H and O–H groups in total. The van der Waals surface area contributed by atoms with Crippen LogP contribution in [0.25, 0.3) is 0 Å². The maximum Gasteiger partial charge on any atom is 0.325 e. The van der Waals surface area contributed by atoms with Gasteiger partial charge in [0.2, 0.25) is 11.8 Å². The molecule has 196 valence electrons. The Balaban J connectivity index is 1.61. The fourth-order valence-corrected chi connectivity index (χ4v) is 5.78. The summed E-state index contributed by atoms with van der Waals surface area (Å²) in [6.45, 7) is 4.43. The lowest BCUT2D eigenvalue weighted by Crippen LogP contribution is -2.57. The lowest BCUT2D eigenvalue weighted by atomic mass is 9.76. The summed E-state index contributed by atoms with van der Waals surface area (Å²) in [4.78, 5) is 42.1. The molecule has 2 fully saturated rings. The summed E-state index contributed by atoms with van der Waals surface area (Å²) in [7, 11) is 0. The number of benzene rings is 3. The first-order chi connectivity index (χ1) is 18.3. The average molecular weight is 533 g/mol. The number of carboxylic acids is 1. The highest BCUT2D eigenvalue weighted by Gasteiger charge is 2.68. The summed E-state index contributed by atoms with van der Waals surface area (Å²) in [5, 5.41) is 14.3. The number of ether oxygens (including phenoxy) is 1. The van der Waals surface area contributed by atoms with Crippen LogP contribution in [0.1, 0.15) is 36.1 Å². The predicted octanol–water partition coefficient (Wildman–Crippen LogP) is 4.95. The monoisotopic (exact) mass is 532 g/mol. The highest BCUT2D eigenvalue weighted by atomic mass is 35.5. The van der Waals surface area contributed by atoms with Crippen molar-refractivity contribution in [3.8, 4) is 5.75 Å². The van der Waals surface area contributed by atoms with Crippen LogP contribution in [0.2, 0.25) is 5.02 Å². The molecule has 0 aromatic heterocycles. The first-order valence-electron chi connectivity index (χ1n) is 12.7. The molecule has 7 nitrogen and oxygen atoms in total. The minimum atomic E-state index is -1.69. The van der Waals surface area contributed by atoms with Gasteiger partial charge in [0.15, 0.2) is 0 Å². The Kier molecular flexibility index (Phi) is 6.99. The lowest BCUT2D eigenvalue weighted by molar-refractivity contribution is -0.148. The van der Waals surface area contributed by atoms with E-state index in [9.17, 15) is 19.5 Å². The van der Waals surface area contributed by atoms with Crippen molar-refractivity contribution >= 4 is 35.1 Å². The van der Waals surface area contributed by atoms with Crippen molar-refractivity contribution in [3.05, 3.63) is 94.5 Å². The predicted molar refractivity (Wildman–Crippen MR) is 144 cm³/mol. The zero-order chi connectivity index (χ0) is 27.0. The zero-order valence-corrected chi connectivity index (χ0v) is 21.9. The maximum atomic E-state index is 14.0. The second kappa shape index (κ2) is 10.2. The number of aryl methyl sites for hydroxylation is 1. The van der Waals surface area contributed by atoms with Gasteiger partial charge in [0.1, 0.15) is 11.3 Å². The molecule has 0 aliphatic carbocycles. The summed E-state index contributed by atoms with van der Waals surface area (Å²) >= 11 is 6.33. The van der Waals surface area contributed by atoms with Crippen LogP contribution in [0.3, 0.4) is 0 Å². The summed E-state index contributed by atoms with van der Waals surface area (Å²) < 4.78 is 5.70. The van der Waals surface area contributed by atoms with Crippen LogP contribution in [0.5, 0.6) is 5.75 Å². The molecule has 3 aromatic carbocycles. The highest BCUT2D eigenvalue weighted by molar-refractivity contribution is 6.32. The van der Waals surface area contributed by atoms with E-state index in [0.717, 1.165) is 22.4 Å². The van der Waals surface area contributed by atoms with Gasteiger partial charge in [-0.2, -0.15) is 0 Å². The number of carbonyl (C=O) groups excluding carboxylic acids is 2. The van der Waals surface area contributed by atoms with Crippen LogP contribution in [-0.4, -0.2) is 35.0 Å². The van der Waals surface area contributed by atoms with Gasteiger partial charge in [0.25, 0.3) is 0 Å². The summed E-state index contributed by atoms with van der Waals surface area (Å²) in [6.07, 6.45) is 0.909. The quantitative estimate of drug-likeness (QED) is 0.398. The number of hydrogen-bond acceptors (Lipinski definition) is 5. The van der Waals surface area contributed by atoms with E-state index in [2.05, 4.69) is 5.32 Å². The fourth-order valence-electron chi connectivity index (χ4n) is 5.61. The minimum absolute atomic E-state index is 0.0417. The molecular weight excluding hydrogens is 504 g/mol. The van der Waals surface area contributed by atoms with Crippen LogP contribution in [0, 0.1) is 18.8 Å².